The average molecular weight is 259 g/mol. The third-order valence-electron chi connectivity index (χ3n) is 3.43. The number of aromatic nitrogens is 2. The fourth-order valence-electron chi connectivity index (χ4n) is 2.14. The van der Waals surface area contributed by atoms with E-state index in [1.165, 1.54) is 0 Å². The molecular weight excluding hydrogens is 238 g/mol. The highest BCUT2D eigenvalue weighted by Crippen LogP contribution is 2.16. The van der Waals surface area contributed by atoms with Gasteiger partial charge in [0, 0.05) is 19.2 Å². The van der Waals surface area contributed by atoms with E-state index in [9.17, 15) is 4.79 Å². The first kappa shape index (κ1) is 13.6. The summed E-state index contributed by atoms with van der Waals surface area (Å²) in [5.74, 6) is 0.941. The second-order valence-electron chi connectivity index (χ2n) is 4.88. The van der Waals surface area contributed by atoms with Crippen LogP contribution in [-0.4, -0.2) is 22.0 Å². The first-order valence-corrected chi connectivity index (χ1v) is 6.84. The molecule has 1 N–H and O–H groups in total. The number of hydrogen-bond acceptors (Lipinski definition) is 2. The molecule has 102 valence electrons. The average Bonchev–Trinajstić information content (AvgIpc) is 2.69. The van der Waals surface area contributed by atoms with E-state index < -0.39 is 0 Å². The van der Waals surface area contributed by atoms with Crippen molar-refractivity contribution in [2.24, 2.45) is 7.05 Å². The molecule has 4 heteroatoms. The lowest BCUT2D eigenvalue weighted by Crippen LogP contribution is -2.24. The maximum Gasteiger partial charge on any atom is 0.251 e. The first-order chi connectivity index (χ1) is 9.13. The van der Waals surface area contributed by atoms with E-state index >= 15 is 0 Å². The highest BCUT2D eigenvalue weighted by atomic mass is 16.1. The molecule has 0 unspecified atom stereocenters. The van der Waals surface area contributed by atoms with Crippen molar-refractivity contribution in [3.8, 4) is 0 Å². The van der Waals surface area contributed by atoms with E-state index in [1.54, 1.807) is 0 Å². The van der Waals surface area contributed by atoms with Gasteiger partial charge < -0.3 is 9.88 Å². The maximum atomic E-state index is 12.0. The molecule has 0 aliphatic rings. The lowest BCUT2D eigenvalue weighted by atomic mass is 10.2. The number of fused-ring (bicyclic) bond motifs is 1. The molecule has 0 aliphatic heterocycles. The number of unbranched alkanes of at least 4 members (excludes halogenated alkanes) is 2. The molecule has 1 heterocycles. The van der Waals surface area contributed by atoms with Gasteiger partial charge in [-0.25, -0.2) is 4.98 Å². The Balaban J connectivity index is 2.10. The number of amides is 1. The van der Waals surface area contributed by atoms with Gasteiger partial charge in [-0.2, -0.15) is 0 Å². The summed E-state index contributed by atoms with van der Waals surface area (Å²) < 4.78 is 2.03. The van der Waals surface area contributed by atoms with E-state index in [1.807, 2.05) is 36.7 Å². The predicted molar refractivity (Wildman–Crippen MR) is 77.3 cm³/mol. The van der Waals surface area contributed by atoms with Crippen LogP contribution in [0.5, 0.6) is 0 Å². The van der Waals surface area contributed by atoms with Gasteiger partial charge in [0.2, 0.25) is 0 Å². The summed E-state index contributed by atoms with van der Waals surface area (Å²) in [5.41, 5.74) is 2.61. The molecule has 0 atom stereocenters. The van der Waals surface area contributed by atoms with Crippen molar-refractivity contribution in [2.75, 3.05) is 6.54 Å². The maximum absolute atomic E-state index is 12.0. The van der Waals surface area contributed by atoms with Crippen LogP contribution in [-0.2, 0) is 7.05 Å². The Morgan fingerprint density at radius 1 is 1.37 bits per heavy atom. The normalized spacial score (nSPS) is 10.9. The SMILES string of the molecule is CCCCCNC(=O)c1ccc2c(c1)nc(C)n2C. The third kappa shape index (κ3) is 2.95. The topological polar surface area (TPSA) is 46.9 Å². The van der Waals surface area contributed by atoms with Crippen molar-refractivity contribution in [3.63, 3.8) is 0 Å². The predicted octanol–water partition coefficient (Wildman–Crippen LogP) is 2.80. The molecular formula is C15H21N3O. The van der Waals surface area contributed by atoms with Crippen molar-refractivity contribution in [1.29, 1.82) is 0 Å². The van der Waals surface area contributed by atoms with Gasteiger partial charge >= 0.3 is 0 Å². The van der Waals surface area contributed by atoms with Gasteiger partial charge in [-0.1, -0.05) is 19.8 Å². The fourth-order valence-corrected chi connectivity index (χ4v) is 2.14. The van der Waals surface area contributed by atoms with Crippen LogP contribution in [0.3, 0.4) is 0 Å². The Labute approximate surface area is 113 Å². The van der Waals surface area contributed by atoms with Crippen molar-refractivity contribution in [1.82, 2.24) is 14.9 Å². The summed E-state index contributed by atoms with van der Waals surface area (Å²) in [6, 6.07) is 5.67. The molecule has 19 heavy (non-hydrogen) atoms. The number of imidazole rings is 1. The first-order valence-electron chi connectivity index (χ1n) is 6.84. The van der Waals surface area contributed by atoms with Crippen molar-refractivity contribution in [2.45, 2.75) is 33.1 Å². The van der Waals surface area contributed by atoms with Crippen LogP contribution < -0.4 is 5.32 Å². The molecule has 1 aromatic heterocycles. The quantitative estimate of drug-likeness (QED) is 0.839. The smallest absolute Gasteiger partial charge is 0.251 e. The molecule has 0 spiro atoms. The zero-order valence-corrected chi connectivity index (χ0v) is 11.9. The van der Waals surface area contributed by atoms with E-state index in [-0.39, 0.29) is 5.91 Å². The number of aryl methyl sites for hydroxylation is 2. The second kappa shape index (κ2) is 5.87. The molecule has 2 rings (SSSR count). The highest BCUT2D eigenvalue weighted by molar-refractivity contribution is 5.97. The summed E-state index contributed by atoms with van der Waals surface area (Å²) in [6.45, 7) is 4.86. The van der Waals surface area contributed by atoms with Crippen LogP contribution in [0.4, 0.5) is 0 Å². The number of nitrogens with one attached hydrogen (secondary N) is 1. The molecule has 4 nitrogen and oxygen atoms in total. The van der Waals surface area contributed by atoms with Crippen LogP contribution in [0, 0.1) is 6.92 Å². The van der Waals surface area contributed by atoms with Crippen molar-refractivity contribution < 1.29 is 4.79 Å². The molecule has 0 radical (unpaired) electrons. The van der Waals surface area contributed by atoms with Gasteiger partial charge in [0.1, 0.15) is 5.82 Å². The number of benzene rings is 1. The minimum Gasteiger partial charge on any atom is -0.352 e. The summed E-state index contributed by atoms with van der Waals surface area (Å²) in [6.07, 6.45) is 3.35. The second-order valence-corrected chi connectivity index (χ2v) is 4.88. The summed E-state index contributed by atoms with van der Waals surface area (Å²) in [4.78, 5) is 16.4. The van der Waals surface area contributed by atoms with Gasteiger partial charge in [0.05, 0.1) is 11.0 Å². The van der Waals surface area contributed by atoms with Crippen LogP contribution in [0.2, 0.25) is 0 Å². The Bertz CT molecular complexity index is 586. The Hall–Kier alpha value is -1.84. The van der Waals surface area contributed by atoms with Crippen LogP contribution in [0.1, 0.15) is 42.4 Å². The Kier molecular flexibility index (Phi) is 4.20. The third-order valence-corrected chi connectivity index (χ3v) is 3.43. The van der Waals surface area contributed by atoms with Gasteiger partial charge in [-0.05, 0) is 31.5 Å². The number of nitrogens with zero attached hydrogens (tertiary/aromatic N) is 2. The fraction of sp³-hybridized carbons (Fsp3) is 0.467. The van der Waals surface area contributed by atoms with Crippen molar-refractivity contribution >= 4 is 16.9 Å². The van der Waals surface area contributed by atoms with Gasteiger partial charge in [0.25, 0.3) is 5.91 Å². The number of rotatable bonds is 5. The van der Waals surface area contributed by atoms with Crippen LogP contribution in [0.15, 0.2) is 18.2 Å². The minimum absolute atomic E-state index is 0.0127. The van der Waals surface area contributed by atoms with Crippen LogP contribution in [0.25, 0.3) is 11.0 Å². The Morgan fingerprint density at radius 2 is 2.16 bits per heavy atom. The minimum atomic E-state index is -0.0127. The molecule has 1 aromatic carbocycles. The molecule has 0 saturated heterocycles. The molecule has 0 fully saturated rings. The molecule has 0 bridgehead atoms. The highest BCUT2D eigenvalue weighted by Gasteiger charge is 2.09. The number of carbonyl (C=O) groups is 1. The van der Waals surface area contributed by atoms with Crippen LogP contribution >= 0.6 is 0 Å². The number of hydrogen-bond donors (Lipinski definition) is 1. The van der Waals surface area contributed by atoms with Gasteiger partial charge in [0.15, 0.2) is 0 Å². The Morgan fingerprint density at radius 3 is 2.89 bits per heavy atom. The summed E-state index contributed by atoms with van der Waals surface area (Å²) in [5, 5.41) is 2.95. The monoisotopic (exact) mass is 259 g/mol. The zero-order valence-electron chi connectivity index (χ0n) is 11.9. The van der Waals surface area contributed by atoms with E-state index in [0.717, 1.165) is 42.7 Å². The van der Waals surface area contributed by atoms with E-state index in [4.69, 9.17) is 0 Å². The largest absolute Gasteiger partial charge is 0.352 e. The lowest BCUT2D eigenvalue weighted by molar-refractivity contribution is 0.0953. The summed E-state index contributed by atoms with van der Waals surface area (Å²) >= 11 is 0. The van der Waals surface area contributed by atoms with Gasteiger partial charge in [-0.15, -0.1) is 0 Å². The van der Waals surface area contributed by atoms with E-state index in [0.29, 0.717) is 5.56 Å². The molecule has 0 saturated carbocycles. The molecule has 0 aliphatic carbocycles. The van der Waals surface area contributed by atoms with Crippen molar-refractivity contribution in [3.05, 3.63) is 29.6 Å². The molecule has 1 amide bonds. The zero-order chi connectivity index (χ0) is 13.8. The standard InChI is InChI=1S/C15H21N3O/c1-4-5-6-9-16-15(19)12-7-8-14-13(10-12)17-11(2)18(14)3/h7-8,10H,4-6,9H2,1-3H3,(H,16,19). The number of carbonyl (C=O) groups excluding carboxylic acids is 1. The van der Waals surface area contributed by atoms with E-state index in [2.05, 4.69) is 17.2 Å². The van der Waals surface area contributed by atoms with Gasteiger partial charge in [-0.3, -0.25) is 4.79 Å². The lowest BCUT2D eigenvalue weighted by Gasteiger charge is -2.05. The summed E-state index contributed by atoms with van der Waals surface area (Å²) in [7, 11) is 1.98. The molecule has 2 aromatic rings.